The number of aryl methyl sites for hydroxylation is 2. The van der Waals surface area contributed by atoms with E-state index in [1.165, 1.54) is 0 Å². The summed E-state index contributed by atoms with van der Waals surface area (Å²) in [5.74, 6) is 0.923. The summed E-state index contributed by atoms with van der Waals surface area (Å²) in [6.07, 6.45) is 2.22. The van der Waals surface area contributed by atoms with Gasteiger partial charge in [-0.2, -0.15) is 0 Å². The molecule has 2 aromatic carbocycles. The van der Waals surface area contributed by atoms with E-state index in [0.717, 1.165) is 35.4 Å². The SMILES string of the molecule is Cc1cc(C)cc(OCCC(=O)Nc2ccc(NC(=O)C3CC3)cc2)c1. The highest BCUT2D eigenvalue weighted by atomic mass is 16.5. The molecule has 0 bridgehead atoms. The number of rotatable bonds is 7. The molecule has 1 fully saturated rings. The summed E-state index contributed by atoms with van der Waals surface area (Å²) >= 11 is 0. The summed E-state index contributed by atoms with van der Waals surface area (Å²) in [6.45, 7) is 4.36. The Morgan fingerprint density at radius 3 is 2.12 bits per heavy atom. The second kappa shape index (κ2) is 8.04. The number of nitrogens with one attached hydrogen (secondary N) is 2. The molecule has 2 amide bonds. The van der Waals surface area contributed by atoms with Crippen molar-refractivity contribution in [1.82, 2.24) is 0 Å². The zero-order chi connectivity index (χ0) is 18.5. The lowest BCUT2D eigenvalue weighted by atomic mass is 10.1. The van der Waals surface area contributed by atoms with E-state index in [1.54, 1.807) is 24.3 Å². The van der Waals surface area contributed by atoms with Gasteiger partial charge in [0.1, 0.15) is 5.75 Å². The van der Waals surface area contributed by atoms with Gasteiger partial charge in [0, 0.05) is 17.3 Å². The Morgan fingerprint density at radius 2 is 1.54 bits per heavy atom. The number of carbonyl (C=O) groups excluding carboxylic acids is 2. The molecule has 1 saturated carbocycles. The number of hydrogen-bond donors (Lipinski definition) is 2. The van der Waals surface area contributed by atoms with Crippen molar-refractivity contribution in [2.75, 3.05) is 17.2 Å². The molecule has 2 aromatic rings. The Labute approximate surface area is 153 Å². The van der Waals surface area contributed by atoms with Crippen molar-refractivity contribution < 1.29 is 14.3 Å². The topological polar surface area (TPSA) is 67.4 Å². The van der Waals surface area contributed by atoms with Crippen LogP contribution in [-0.2, 0) is 9.59 Å². The zero-order valence-electron chi connectivity index (χ0n) is 15.2. The predicted octanol–water partition coefficient (Wildman–Crippen LogP) is 4.06. The van der Waals surface area contributed by atoms with E-state index in [-0.39, 0.29) is 24.2 Å². The predicted molar refractivity (Wildman–Crippen MR) is 102 cm³/mol. The summed E-state index contributed by atoms with van der Waals surface area (Å²) in [5.41, 5.74) is 3.72. The molecule has 0 radical (unpaired) electrons. The van der Waals surface area contributed by atoms with E-state index in [4.69, 9.17) is 4.74 Å². The molecule has 26 heavy (non-hydrogen) atoms. The first kappa shape index (κ1) is 18.0. The van der Waals surface area contributed by atoms with Crippen LogP contribution >= 0.6 is 0 Å². The Balaban J connectivity index is 1.43. The van der Waals surface area contributed by atoms with Gasteiger partial charge in [-0.05, 0) is 74.2 Å². The van der Waals surface area contributed by atoms with Gasteiger partial charge in [-0.15, -0.1) is 0 Å². The van der Waals surface area contributed by atoms with Crippen molar-refractivity contribution in [3.8, 4) is 5.75 Å². The van der Waals surface area contributed by atoms with Crippen molar-refractivity contribution >= 4 is 23.2 Å². The smallest absolute Gasteiger partial charge is 0.227 e. The van der Waals surface area contributed by atoms with Crippen LogP contribution in [0.2, 0.25) is 0 Å². The molecular formula is C21H24N2O3. The Morgan fingerprint density at radius 1 is 0.962 bits per heavy atom. The molecule has 0 aliphatic heterocycles. The van der Waals surface area contributed by atoms with Gasteiger partial charge >= 0.3 is 0 Å². The van der Waals surface area contributed by atoms with Crippen molar-refractivity contribution in [2.24, 2.45) is 5.92 Å². The van der Waals surface area contributed by atoms with Crippen LogP contribution in [0.1, 0.15) is 30.4 Å². The summed E-state index contributed by atoms with van der Waals surface area (Å²) < 4.78 is 5.66. The van der Waals surface area contributed by atoms with Gasteiger partial charge in [-0.3, -0.25) is 9.59 Å². The second-order valence-corrected chi connectivity index (χ2v) is 6.81. The third kappa shape index (κ3) is 5.34. The average molecular weight is 352 g/mol. The van der Waals surface area contributed by atoms with E-state index in [0.29, 0.717) is 12.3 Å². The van der Waals surface area contributed by atoms with Crippen molar-refractivity contribution in [2.45, 2.75) is 33.1 Å². The van der Waals surface area contributed by atoms with Crippen LogP contribution in [0.15, 0.2) is 42.5 Å². The third-order valence-electron chi connectivity index (χ3n) is 4.18. The number of amides is 2. The summed E-state index contributed by atoms with van der Waals surface area (Å²) in [5, 5.41) is 5.71. The molecule has 1 aliphatic rings. The number of benzene rings is 2. The highest BCUT2D eigenvalue weighted by Gasteiger charge is 2.29. The van der Waals surface area contributed by atoms with Crippen LogP contribution in [0, 0.1) is 19.8 Å². The van der Waals surface area contributed by atoms with Gasteiger partial charge in [0.25, 0.3) is 0 Å². The quantitative estimate of drug-likeness (QED) is 0.790. The van der Waals surface area contributed by atoms with Crippen molar-refractivity contribution in [1.29, 1.82) is 0 Å². The molecule has 0 saturated heterocycles. The Bertz CT molecular complexity index is 775. The fraction of sp³-hybridized carbons (Fsp3) is 0.333. The molecular weight excluding hydrogens is 328 g/mol. The highest BCUT2D eigenvalue weighted by molar-refractivity contribution is 5.95. The van der Waals surface area contributed by atoms with Crippen LogP contribution < -0.4 is 15.4 Å². The molecule has 1 aliphatic carbocycles. The van der Waals surface area contributed by atoms with Gasteiger partial charge in [0.05, 0.1) is 13.0 Å². The number of anilines is 2. The van der Waals surface area contributed by atoms with Gasteiger partial charge in [-0.1, -0.05) is 6.07 Å². The lowest BCUT2D eigenvalue weighted by Crippen LogP contribution is -2.15. The minimum Gasteiger partial charge on any atom is -0.493 e. The minimum atomic E-state index is -0.107. The van der Waals surface area contributed by atoms with Crippen LogP contribution in [0.3, 0.4) is 0 Å². The van der Waals surface area contributed by atoms with E-state index >= 15 is 0 Å². The van der Waals surface area contributed by atoms with Gasteiger partial charge in [0.15, 0.2) is 0 Å². The lowest BCUT2D eigenvalue weighted by Gasteiger charge is -2.09. The third-order valence-corrected chi connectivity index (χ3v) is 4.18. The number of ether oxygens (including phenoxy) is 1. The summed E-state index contributed by atoms with van der Waals surface area (Å²) in [4.78, 5) is 23.8. The Kier molecular flexibility index (Phi) is 5.56. The maximum Gasteiger partial charge on any atom is 0.227 e. The molecule has 0 atom stereocenters. The monoisotopic (exact) mass is 352 g/mol. The standard InChI is InChI=1S/C21H24N2O3/c1-14-11-15(2)13-19(12-14)26-10-9-20(24)22-17-5-7-18(8-6-17)23-21(25)16-3-4-16/h5-8,11-13,16H,3-4,9-10H2,1-2H3,(H,22,24)(H,23,25). The van der Waals surface area contributed by atoms with E-state index in [1.807, 2.05) is 26.0 Å². The second-order valence-electron chi connectivity index (χ2n) is 6.81. The van der Waals surface area contributed by atoms with Gasteiger partial charge in [0.2, 0.25) is 11.8 Å². The Hall–Kier alpha value is -2.82. The number of carbonyl (C=O) groups is 2. The first-order chi connectivity index (χ1) is 12.5. The van der Waals surface area contributed by atoms with Crippen LogP contribution in [-0.4, -0.2) is 18.4 Å². The van der Waals surface area contributed by atoms with E-state index in [9.17, 15) is 9.59 Å². The number of hydrogen-bond acceptors (Lipinski definition) is 3. The fourth-order valence-corrected chi connectivity index (χ4v) is 2.73. The molecule has 5 nitrogen and oxygen atoms in total. The molecule has 5 heteroatoms. The van der Waals surface area contributed by atoms with Crippen LogP contribution in [0.4, 0.5) is 11.4 Å². The maximum atomic E-state index is 12.0. The zero-order valence-corrected chi connectivity index (χ0v) is 15.2. The summed E-state index contributed by atoms with van der Waals surface area (Å²) in [6, 6.07) is 13.1. The largest absolute Gasteiger partial charge is 0.493 e. The van der Waals surface area contributed by atoms with Gasteiger partial charge in [-0.25, -0.2) is 0 Å². The van der Waals surface area contributed by atoms with Crippen LogP contribution in [0.25, 0.3) is 0 Å². The average Bonchev–Trinajstić information content (AvgIpc) is 3.41. The molecule has 3 rings (SSSR count). The molecule has 0 aromatic heterocycles. The van der Waals surface area contributed by atoms with Crippen molar-refractivity contribution in [3.63, 3.8) is 0 Å². The molecule has 0 heterocycles. The first-order valence-corrected chi connectivity index (χ1v) is 8.91. The normalized spacial score (nSPS) is 13.2. The fourth-order valence-electron chi connectivity index (χ4n) is 2.73. The molecule has 0 unspecified atom stereocenters. The summed E-state index contributed by atoms with van der Waals surface area (Å²) in [7, 11) is 0. The maximum absolute atomic E-state index is 12.0. The van der Waals surface area contributed by atoms with E-state index in [2.05, 4.69) is 16.7 Å². The first-order valence-electron chi connectivity index (χ1n) is 8.91. The lowest BCUT2D eigenvalue weighted by molar-refractivity contribution is -0.117. The van der Waals surface area contributed by atoms with Crippen LogP contribution in [0.5, 0.6) is 5.75 Å². The minimum absolute atomic E-state index is 0.0744. The van der Waals surface area contributed by atoms with E-state index < -0.39 is 0 Å². The molecule has 0 spiro atoms. The molecule has 136 valence electrons. The molecule has 2 N–H and O–H groups in total. The highest BCUT2D eigenvalue weighted by Crippen LogP contribution is 2.30. The van der Waals surface area contributed by atoms with Crippen molar-refractivity contribution in [3.05, 3.63) is 53.6 Å². The van der Waals surface area contributed by atoms with Gasteiger partial charge < -0.3 is 15.4 Å².